The molecule has 0 radical (unpaired) electrons. The first kappa shape index (κ1) is 13.2. The van der Waals surface area contributed by atoms with E-state index in [1.165, 1.54) is 50.8 Å². The minimum Gasteiger partial charge on any atom is -0.486 e. The fourth-order valence-corrected chi connectivity index (χ4v) is 3.62. The second-order valence-electron chi connectivity index (χ2n) is 6.27. The minimum atomic E-state index is 0.656. The molecule has 1 unspecified atom stereocenters. The van der Waals surface area contributed by atoms with Gasteiger partial charge in [0.25, 0.3) is 0 Å². The largest absolute Gasteiger partial charge is 0.486 e. The van der Waals surface area contributed by atoms with Gasteiger partial charge in [0, 0.05) is 6.04 Å². The molecule has 1 aliphatic carbocycles. The first-order chi connectivity index (χ1) is 10.4. The Bertz CT molecular complexity index is 548. The summed E-state index contributed by atoms with van der Waals surface area (Å²) in [7, 11) is 0. The van der Waals surface area contributed by atoms with Crippen molar-refractivity contribution < 1.29 is 9.47 Å². The maximum absolute atomic E-state index is 5.70. The quantitative estimate of drug-likeness (QED) is 0.830. The van der Waals surface area contributed by atoms with Crippen molar-refractivity contribution in [1.29, 1.82) is 0 Å². The second kappa shape index (κ2) is 5.72. The van der Waals surface area contributed by atoms with Crippen LogP contribution in [0.4, 0.5) is 0 Å². The molecule has 1 saturated carbocycles. The molecule has 1 atom stereocenters. The molecule has 2 fully saturated rings. The van der Waals surface area contributed by atoms with Crippen LogP contribution in [0.5, 0.6) is 11.5 Å². The van der Waals surface area contributed by atoms with Crippen LogP contribution in [-0.2, 0) is 0 Å². The molecule has 0 aromatic heterocycles. The SMILES string of the molecule is C(=C1\CCCCC1N1CCC1)/c1ccc2c(c1)OCCO2. The van der Waals surface area contributed by atoms with Crippen LogP contribution in [0.1, 0.15) is 37.7 Å². The number of benzene rings is 1. The van der Waals surface area contributed by atoms with Crippen molar-refractivity contribution in [2.75, 3.05) is 26.3 Å². The van der Waals surface area contributed by atoms with Gasteiger partial charge in [-0.1, -0.05) is 24.1 Å². The van der Waals surface area contributed by atoms with Crippen molar-refractivity contribution in [3.05, 3.63) is 29.3 Å². The third-order valence-corrected chi connectivity index (χ3v) is 4.87. The average Bonchev–Trinajstić information content (AvgIpc) is 2.47. The topological polar surface area (TPSA) is 21.7 Å². The highest BCUT2D eigenvalue weighted by Gasteiger charge is 2.28. The van der Waals surface area contributed by atoms with Gasteiger partial charge < -0.3 is 9.47 Å². The highest BCUT2D eigenvalue weighted by Crippen LogP contribution is 2.35. The zero-order valence-electron chi connectivity index (χ0n) is 12.5. The Hall–Kier alpha value is -1.48. The van der Waals surface area contributed by atoms with Crippen LogP contribution in [0.15, 0.2) is 23.8 Å². The maximum atomic E-state index is 5.70. The number of ether oxygens (including phenoxy) is 2. The fraction of sp³-hybridized carbons (Fsp3) is 0.556. The summed E-state index contributed by atoms with van der Waals surface area (Å²) in [6, 6.07) is 7.01. The predicted octanol–water partition coefficient (Wildman–Crippen LogP) is 3.49. The lowest BCUT2D eigenvalue weighted by atomic mass is 9.86. The van der Waals surface area contributed by atoms with Crippen molar-refractivity contribution in [3.63, 3.8) is 0 Å². The van der Waals surface area contributed by atoms with E-state index >= 15 is 0 Å². The van der Waals surface area contributed by atoms with E-state index in [9.17, 15) is 0 Å². The van der Waals surface area contributed by atoms with Gasteiger partial charge >= 0.3 is 0 Å². The van der Waals surface area contributed by atoms with E-state index < -0.39 is 0 Å². The molecule has 3 aliphatic rings. The molecule has 1 aromatic rings. The molecule has 1 saturated heterocycles. The Morgan fingerprint density at radius 3 is 2.67 bits per heavy atom. The predicted molar refractivity (Wildman–Crippen MR) is 83.9 cm³/mol. The molecule has 0 spiro atoms. The monoisotopic (exact) mass is 285 g/mol. The molecular weight excluding hydrogens is 262 g/mol. The van der Waals surface area contributed by atoms with E-state index in [0.717, 1.165) is 11.5 Å². The summed E-state index contributed by atoms with van der Waals surface area (Å²) >= 11 is 0. The van der Waals surface area contributed by atoms with Crippen LogP contribution in [0.3, 0.4) is 0 Å². The minimum absolute atomic E-state index is 0.656. The average molecular weight is 285 g/mol. The van der Waals surface area contributed by atoms with Gasteiger partial charge in [-0.25, -0.2) is 0 Å². The lowest BCUT2D eigenvalue weighted by molar-refractivity contribution is 0.121. The van der Waals surface area contributed by atoms with Gasteiger partial charge in [0.1, 0.15) is 13.2 Å². The highest BCUT2D eigenvalue weighted by molar-refractivity contribution is 5.59. The number of hydrogen-bond donors (Lipinski definition) is 0. The fourth-order valence-electron chi connectivity index (χ4n) is 3.62. The Morgan fingerprint density at radius 1 is 1.00 bits per heavy atom. The van der Waals surface area contributed by atoms with Gasteiger partial charge in [-0.05, 0) is 56.5 Å². The molecule has 0 amide bonds. The van der Waals surface area contributed by atoms with Crippen molar-refractivity contribution in [1.82, 2.24) is 4.90 Å². The van der Waals surface area contributed by atoms with Crippen molar-refractivity contribution in [2.24, 2.45) is 0 Å². The molecule has 112 valence electrons. The summed E-state index contributed by atoms with van der Waals surface area (Å²) in [5.74, 6) is 1.78. The Labute approximate surface area is 126 Å². The number of nitrogens with zero attached hydrogens (tertiary/aromatic N) is 1. The molecule has 3 nitrogen and oxygen atoms in total. The summed E-state index contributed by atoms with van der Waals surface area (Å²) in [4.78, 5) is 2.64. The van der Waals surface area contributed by atoms with Gasteiger partial charge in [-0.15, -0.1) is 0 Å². The zero-order valence-corrected chi connectivity index (χ0v) is 12.5. The van der Waals surface area contributed by atoms with Crippen molar-refractivity contribution in [2.45, 2.75) is 38.1 Å². The zero-order chi connectivity index (χ0) is 14.1. The summed E-state index contributed by atoms with van der Waals surface area (Å²) in [6.45, 7) is 3.88. The first-order valence-electron chi connectivity index (χ1n) is 8.24. The van der Waals surface area contributed by atoms with Crippen molar-refractivity contribution >= 4 is 6.08 Å². The van der Waals surface area contributed by atoms with E-state index in [1.807, 2.05) is 6.07 Å². The van der Waals surface area contributed by atoms with Crippen LogP contribution in [-0.4, -0.2) is 37.2 Å². The second-order valence-corrected chi connectivity index (χ2v) is 6.27. The first-order valence-corrected chi connectivity index (χ1v) is 8.24. The molecule has 1 aromatic carbocycles. The number of hydrogen-bond acceptors (Lipinski definition) is 3. The van der Waals surface area contributed by atoms with Crippen LogP contribution >= 0.6 is 0 Å². The summed E-state index contributed by atoms with van der Waals surface area (Å²) in [5.41, 5.74) is 2.86. The van der Waals surface area contributed by atoms with Gasteiger partial charge in [0.05, 0.1) is 0 Å². The third-order valence-electron chi connectivity index (χ3n) is 4.87. The molecule has 4 rings (SSSR count). The number of fused-ring (bicyclic) bond motifs is 1. The van der Waals surface area contributed by atoms with E-state index in [1.54, 1.807) is 5.57 Å². The summed E-state index contributed by atoms with van der Waals surface area (Å²) < 4.78 is 11.3. The van der Waals surface area contributed by atoms with E-state index in [2.05, 4.69) is 23.1 Å². The molecule has 2 aliphatic heterocycles. The summed E-state index contributed by atoms with van der Waals surface area (Å²) in [5, 5.41) is 0. The van der Waals surface area contributed by atoms with Gasteiger partial charge in [-0.3, -0.25) is 4.90 Å². The van der Waals surface area contributed by atoms with Gasteiger partial charge in [0.15, 0.2) is 11.5 Å². The molecular formula is C18H23NO2. The smallest absolute Gasteiger partial charge is 0.161 e. The van der Waals surface area contributed by atoms with Crippen LogP contribution < -0.4 is 9.47 Å². The normalized spacial score (nSPS) is 27.4. The van der Waals surface area contributed by atoms with E-state index in [-0.39, 0.29) is 0 Å². The molecule has 0 N–H and O–H groups in total. The number of rotatable bonds is 2. The Morgan fingerprint density at radius 2 is 1.86 bits per heavy atom. The standard InChI is InChI=1S/C18H23NO2/c1-2-5-16(19-8-3-9-19)15(4-1)12-14-6-7-17-18(13-14)21-11-10-20-17/h6-7,12-13,16H,1-5,8-11H2/b15-12-. The van der Waals surface area contributed by atoms with E-state index in [0.29, 0.717) is 19.3 Å². The third kappa shape index (κ3) is 2.67. The molecule has 21 heavy (non-hydrogen) atoms. The maximum Gasteiger partial charge on any atom is 0.161 e. The van der Waals surface area contributed by atoms with Crippen LogP contribution in [0, 0.1) is 0 Å². The lowest BCUT2D eigenvalue weighted by Gasteiger charge is -2.42. The van der Waals surface area contributed by atoms with E-state index in [4.69, 9.17) is 9.47 Å². The number of likely N-dealkylation sites (tertiary alicyclic amines) is 1. The lowest BCUT2D eigenvalue weighted by Crippen LogP contribution is -2.46. The molecule has 3 heteroatoms. The highest BCUT2D eigenvalue weighted by atomic mass is 16.6. The Balaban J connectivity index is 1.59. The Kier molecular flexibility index (Phi) is 3.60. The van der Waals surface area contributed by atoms with Gasteiger partial charge in [-0.2, -0.15) is 0 Å². The molecule has 2 heterocycles. The van der Waals surface area contributed by atoms with Crippen LogP contribution in [0.25, 0.3) is 6.08 Å². The summed E-state index contributed by atoms with van der Waals surface area (Å²) in [6.07, 6.45) is 9.04. The van der Waals surface area contributed by atoms with Gasteiger partial charge in [0.2, 0.25) is 0 Å². The van der Waals surface area contributed by atoms with Crippen molar-refractivity contribution in [3.8, 4) is 11.5 Å². The molecule has 0 bridgehead atoms. The van der Waals surface area contributed by atoms with Crippen LogP contribution in [0.2, 0.25) is 0 Å².